The van der Waals surface area contributed by atoms with Gasteiger partial charge in [-0.3, -0.25) is 0 Å². The molecule has 2 nitrogen and oxygen atoms in total. The lowest BCUT2D eigenvalue weighted by molar-refractivity contribution is 0.398. The summed E-state index contributed by atoms with van der Waals surface area (Å²) in [5.74, 6) is 2.81. The van der Waals surface area contributed by atoms with Gasteiger partial charge in [-0.25, -0.2) is 4.98 Å². The Kier molecular flexibility index (Phi) is 2.35. The number of terminal acetylenes is 1. The van der Waals surface area contributed by atoms with Crippen molar-refractivity contribution < 1.29 is 4.74 Å². The van der Waals surface area contributed by atoms with E-state index in [-0.39, 0.29) is 0 Å². The Bertz CT molecular complexity index is 303. The maximum atomic E-state index is 5.73. The van der Waals surface area contributed by atoms with Crippen LogP contribution in [0.5, 0.6) is 5.88 Å². The van der Waals surface area contributed by atoms with Crippen molar-refractivity contribution in [3.05, 3.63) is 22.8 Å². The number of methoxy groups -OCH3 is 1. The van der Waals surface area contributed by atoms with Crippen LogP contribution in [0, 0.1) is 12.3 Å². The standard InChI is InChI=1S/C8H6ClNO/c1-3-6-4-7(9)8(11-2)10-5-6/h1,4-5H,2H3. The highest BCUT2D eigenvalue weighted by Crippen LogP contribution is 2.20. The Morgan fingerprint density at radius 2 is 2.45 bits per heavy atom. The summed E-state index contributed by atoms with van der Waals surface area (Å²) in [5.41, 5.74) is 0.649. The average Bonchev–Trinajstić information content (AvgIpc) is 2.04. The Morgan fingerprint density at radius 3 is 2.91 bits per heavy atom. The average molecular weight is 168 g/mol. The summed E-state index contributed by atoms with van der Waals surface area (Å²) < 4.78 is 4.83. The molecule has 0 bridgehead atoms. The lowest BCUT2D eigenvalue weighted by Crippen LogP contribution is -1.88. The molecule has 1 rings (SSSR count). The van der Waals surface area contributed by atoms with E-state index in [0.29, 0.717) is 16.5 Å². The predicted octanol–water partition coefficient (Wildman–Crippen LogP) is 1.72. The lowest BCUT2D eigenvalue weighted by atomic mass is 10.3. The molecule has 1 aromatic heterocycles. The predicted molar refractivity (Wildman–Crippen MR) is 43.7 cm³/mol. The smallest absolute Gasteiger partial charge is 0.232 e. The Morgan fingerprint density at radius 1 is 1.73 bits per heavy atom. The molecule has 0 saturated heterocycles. The zero-order valence-corrected chi connectivity index (χ0v) is 6.72. The van der Waals surface area contributed by atoms with Gasteiger partial charge in [-0.05, 0) is 6.07 Å². The summed E-state index contributed by atoms with van der Waals surface area (Å²) in [5, 5.41) is 0.433. The minimum absolute atomic E-state index is 0.394. The van der Waals surface area contributed by atoms with E-state index in [1.54, 1.807) is 6.07 Å². The molecule has 0 aliphatic heterocycles. The second-order valence-electron chi connectivity index (χ2n) is 1.86. The van der Waals surface area contributed by atoms with Crippen LogP contribution in [0.2, 0.25) is 5.02 Å². The van der Waals surface area contributed by atoms with Crippen molar-refractivity contribution in [2.24, 2.45) is 0 Å². The third-order valence-corrected chi connectivity index (χ3v) is 1.44. The number of rotatable bonds is 1. The molecule has 0 amide bonds. The molecular weight excluding hydrogens is 162 g/mol. The van der Waals surface area contributed by atoms with Gasteiger partial charge in [0.1, 0.15) is 5.02 Å². The summed E-state index contributed by atoms with van der Waals surface area (Å²) in [4.78, 5) is 3.87. The van der Waals surface area contributed by atoms with Crippen LogP contribution < -0.4 is 4.74 Å². The highest BCUT2D eigenvalue weighted by Gasteiger charge is 2.00. The van der Waals surface area contributed by atoms with E-state index in [1.165, 1.54) is 13.3 Å². The van der Waals surface area contributed by atoms with Crippen molar-refractivity contribution in [1.29, 1.82) is 0 Å². The van der Waals surface area contributed by atoms with Gasteiger partial charge in [-0.1, -0.05) is 17.5 Å². The lowest BCUT2D eigenvalue weighted by Gasteiger charge is -1.99. The fourth-order valence-corrected chi connectivity index (χ4v) is 0.898. The molecule has 0 N–H and O–H groups in total. The molecule has 11 heavy (non-hydrogen) atoms. The summed E-state index contributed by atoms with van der Waals surface area (Å²) in [7, 11) is 1.50. The van der Waals surface area contributed by atoms with E-state index >= 15 is 0 Å². The SMILES string of the molecule is C#Cc1cnc(OC)c(Cl)c1. The molecule has 0 saturated carbocycles. The third kappa shape index (κ3) is 1.63. The number of hydrogen-bond acceptors (Lipinski definition) is 2. The van der Waals surface area contributed by atoms with Gasteiger partial charge >= 0.3 is 0 Å². The minimum atomic E-state index is 0.394. The molecule has 0 aromatic carbocycles. The van der Waals surface area contributed by atoms with Gasteiger partial charge in [0.15, 0.2) is 0 Å². The number of aromatic nitrogens is 1. The highest BCUT2D eigenvalue weighted by molar-refractivity contribution is 6.31. The Hall–Kier alpha value is -1.20. The molecule has 1 aromatic rings. The van der Waals surface area contributed by atoms with Crippen LogP contribution in [0.1, 0.15) is 5.56 Å². The molecule has 0 unspecified atom stereocenters. The zero-order chi connectivity index (χ0) is 8.27. The molecule has 0 radical (unpaired) electrons. The van der Waals surface area contributed by atoms with Gasteiger partial charge in [-0.2, -0.15) is 0 Å². The van der Waals surface area contributed by atoms with Crippen molar-refractivity contribution in [3.63, 3.8) is 0 Å². The molecule has 3 heteroatoms. The quantitative estimate of drug-likeness (QED) is 0.595. The topological polar surface area (TPSA) is 22.1 Å². The van der Waals surface area contributed by atoms with E-state index in [4.69, 9.17) is 22.8 Å². The second kappa shape index (κ2) is 3.27. The minimum Gasteiger partial charge on any atom is -0.480 e. The van der Waals surface area contributed by atoms with E-state index in [0.717, 1.165) is 0 Å². The normalized spacial score (nSPS) is 8.82. The molecule has 0 fully saturated rings. The van der Waals surface area contributed by atoms with Gasteiger partial charge in [-0.15, -0.1) is 6.42 Å². The van der Waals surface area contributed by atoms with Gasteiger partial charge in [0.25, 0.3) is 0 Å². The van der Waals surface area contributed by atoms with Gasteiger partial charge < -0.3 is 4.74 Å². The number of ether oxygens (including phenoxy) is 1. The van der Waals surface area contributed by atoms with Crippen LogP contribution in [0.25, 0.3) is 0 Å². The first kappa shape index (κ1) is 7.90. The van der Waals surface area contributed by atoms with Gasteiger partial charge in [0.05, 0.1) is 7.11 Å². The maximum absolute atomic E-state index is 5.73. The van der Waals surface area contributed by atoms with Crippen molar-refractivity contribution in [2.75, 3.05) is 7.11 Å². The first-order valence-electron chi connectivity index (χ1n) is 2.94. The zero-order valence-electron chi connectivity index (χ0n) is 5.97. The van der Waals surface area contributed by atoms with Crippen molar-refractivity contribution >= 4 is 11.6 Å². The fraction of sp³-hybridized carbons (Fsp3) is 0.125. The molecule has 0 aliphatic rings. The third-order valence-electron chi connectivity index (χ3n) is 1.17. The van der Waals surface area contributed by atoms with Crippen LogP contribution >= 0.6 is 11.6 Å². The molecule has 56 valence electrons. The second-order valence-corrected chi connectivity index (χ2v) is 2.27. The highest BCUT2D eigenvalue weighted by atomic mass is 35.5. The van der Waals surface area contributed by atoms with Crippen molar-refractivity contribution in [3.8, 4) is 18.2 Å². The number of nitrogens with zero attached hydrogens (tertiary/aromatic N) is 1. The van der Waals surface area contributed by atoms with E-state index in [2.05, 4.69) is 10.9 Å². The molecular formula is C8H6ClNO. The molecule has 0 atom stereocenters. The van der Waals surface area contributed by atoms with Crippen LogP contribution in [-0.4, -0.2) is 12.1 Å². The van der Waals surface area contributed by atoms with Crippen LogP contribution in [0.15, 0.2) is 12.3 Å². The summed E-state index contributed by atoms with van der Waals surface area (Å²) in [6.07, 6.45) is 6.65. The van der Waals surface area contributed by atoms with Crippen LogP contribution in [-0.2, 0) is 0 Å². The van der Waals surface area contributed by atoms with Crippen LogP contribution in [0.3, 0.4) is 0 Å². The monoisotopic (exact) mass is 167 g/mol. The van der Waals surface area contributed by atoms with Crippen LogP contribution in [0.4, 0.5) is 0 Å². The first-order valence-corrected chi connectivity index (χ1v) is 3.32. The Balaban J connectivity index is 3.12. The van der Waals surface area contributed by atoms with E-state index in [9.17, 15) is 0 Å². The van der Waals surface area contributed by atoms with Gasteiger partial charge in [0, 0.05) is 11.8 Å². The van der Waals surface area contributed by atoms with Gasteiger partial charge in [0.2, 0.25) is 5.88 Å². The molecule has 0 aliphatic carbocycles. The number of pyridine rings is 1. The summed E-state index contributed by atoms with van der Waals surface area (Å²) >= 11 is 5.73. The van der Waals surface area contributed by atoms with E-state index in [1.807, 2.05) is 0 Å². The number of halogens is 1. The first-order chi connectivity index (χ1) is 5.27. The summed E-state index contributed by atoms with van der Waals surface area (Å²) in [6, 6.07) is 1.63. The van der Waals surface area contributed by atoms with Crippen molar-refractivity contribution in [2.45, 2.75) is 0 Å². The summed E-state index contributed by atoms with van der Waals surface area (Å²) in [6.45, 7) is 0. The fourth-order valence-electron chi connectivity index (χ4n) is 0.655. The molecule has 0 spiro atoms. The molecule has 1 heterocycles. The van der Waals surface area contributed by atoms with E-state index < -0.39 is 0 Å². The largest absolute Gasteiger partial charge is 0.480 e. The van der Waals surface area contributed by atoms with Crippen molar-refractivity contribution in [1.82, 2.24) is 4.98 Å². The number of hydrogen-bond donors (Lipinski definition) is 0. The Labute approximate surface area is 70.2 Å². The maximum Gasteiger partial charge on any atom is 0.232 e.